The molecule has 8 atom stereocenters. The Morgan fingerprint density at radius 3 is 1.56 bits per heavy atom. The lowest BCUT2D eigenvalue weighted by atomic mass is 9.85. The van der Waals surface area contributed by atoms with Gasteiger partial charge in [-0.05, 0) is 56.4 Å². The zero-order valence-corrected chi connectivity index (χ0v) is 33.7. The molecule has 0 aliphatic heterocycles. The number of rotatable bonds is 27. The Balaban J connectivity index is 5.80. The number of Topliss-reactive ketones (excluding diaryl/α,β-unsaturated/α-hetero) is 1. The summed E-state index contributed by atoms with van der Waals surface area (Å²) in [5.41, 5.74) is 5.44. The van der Waals surface area contributed by atoms with Crippen LogP contribution in [0.3, 0.4) is 0 Å². The Kier molecular flexibility index (Phi) is 24.4. The van der Waals surface area contributed by atoms with Crippen molar-refractivity contribution >= 4 is 41.2 Å². The SMILES string of the molecule is CC[C@H](C)[C@@H](CC(=O)[C@H](C)NC(=O)CCCN)C(=O)N[C@H](CO)C(=O)N[C@@H](C(=O)N[C@H](CO)C(=O)N[C@H](CC(C)C)C(=O)N[C@H](CO)CC(C)C)C(C)C. The molecule has 312 valence electrons. The number of hydrogen-bond acceptors (Lipinski definition) is 11. The zero-order valence-electron chi connectivity index (χ0n) is 33.7. The maximum atomic E-state index is 13.4. The number of carbonyl (C=O) groups excluding carboxylic acids is 7. The number of aliphatic hydroxyl groups is 3. The van der Waals surface area contributed by atoms with Gasteiger partial charge in [-0.2, -0.15) is 0 Å². The van der Waals surface area contributed by atoms with Crippen molar-refractivity contribution in [1.82, 2.24) is 31.9 Å². The summed E-state index contributed by atoms with van der Waals surface area (Å²) in [6.45, 7) is 14.3. The van der Waals surface area contributed by atoms with E-state index in [9.17, 15) is 48.9 Å². The molecule has 0 aliphatic rings. The van der Waals surface area contributed by atoms with Crippen LogP contribution in [0.1, 0.15) is 101 Å². The highest BCUT2D eigenvalue weighted by molar-refractivity contribution is 5.97. The molecule has 0 heterocycles. The fourth-order valence-electron chi connectivity index (χ4n) is 5.63. The monoisotopic (exact) mass is 772 g/mol. The minimum absolute atomic E-state index is 0.0230. The molecule has 0 fully saturated rings. The van der Waals surface area contributed by atoms with Gasteiger partial charge in [0, 0.05) is 18.8 Å². The van der Waals surface area contributed by atoms with Crippen molar-refractivity contribution in [2.75, 3.05) is 26.4 Å². The van der Waals surface area contributed by atoms with Crippen molar-refractivity contribution in [3.05, 3.63) is 0 Å². The van der Waals surface area contributed by atoms with E-state index in [4.69, 9.17) is 5.73 Å². The lowest BCUT2D eigenvalue weighted by Gasteiger charge is -2.29. The van der Waals surface area contributed by atoms with Crippen molar-refractivity contribution in [3.63, 3.8) is 0 Å². The molecule has 6 amide bonds. The first-order valence-corrected chi connectivity index (χ1v) is 19.1. The van der Waals surface area contributed by atoms with E-state index in [-0.39, 0.29) is 49.5 Å². The maximum Gasteiger partial charge on any atom is 0.245 e. The van der Waals surface area contributed by atoms with Gasteiger partial charge in [0.15, 0.2) is 5.78 Å². The number of ketones is 1. The molecule has 0 saturated carbocycles. The van der Waals surface area contributed by atoms with Gasteiger partial charge in [0.25, 0.3) is 0 Å². The van der Waals surface area contributed by atoms with Gasteiger partial charge in [-0.1, -0.05) is 61.8 Å². The second-order valence-corrected chi connectivity index (χ2v) is 15.3. The topological polar surface area (TPSA) is 278 Å². The van der Waals surface area contributed by atoms with E-state index in [1.165, 1.54) is 6.92 Å². The zero-order chi connectivity index (χ0) is 41.7. The van der Waals surface area contributed by atoms with E-state index in [0.717, 1.165) is 0 Å². The number of nitrogens with two attached hydrogens (primary N) is 1. The molecule has 0 aromatic heterocycles. The molecular weight excluding hydrogens is 702 g/mol. The normalized spacial score (nSPS) is 15.9. The van der Waals surface area contributed by atoms with E-state index in [1.807, 2.05) is 34.6 Å². The fourth-order valence-corrected chi connectivity index (χ4v) is 5.63. The van der Waals surface area contributed by atoms with Gasteiger partial charge in [-0.25, -0.2) is 0 Å². The van der Waals surface area contributed by atoms with Gasteiger partial charge < -0.3 is 53.0 Å². The number of nitrogens with one attached hydrogen (secondary N) is 6. The van der Waals surface area contributed by atoms with Crippen molar-refractivity contribution in [2.24, 2.45) is 35.3 Å². The molecule has 0 spiro atoms. The van der Waals surface area contributed by atoms with Crippen LogP contribution in [-0.2, 0) is 33.6 Å². The third kappa shape index (κ3) is 18.6. The summed E-state index contributed by atoms with van der Waals surface area (Å²) in [6, 6.07) is -6.72. The van der Waals surface area contributed by atoms with Crippen LogP contribution in [0.2, 0.25) is 0 Å². The van der Waals surface area contributed by atoms with Crippen LogP contribution in [0.4, 0.5) is 0 Å². The average Bonchev–Trinajstić information content (AvgIpc) is 3.10. The first kappa shape index (κ1) is 50.3. The summed E-state index contributed by atoms with van der Waals surface area (Å²) >= 11 is 0. The lowest BCUT2D eigenvalue weighted by Crippen LogP contribution is -2.61. The van der Waals surface area contributed by atoms with Gasteiger partial charge >= 0.3 is 0 Å². The minimum Gasteiger partial charge on any atom is -0.394 e. The molecule has 0 unspecified atom stereocenters. The third-order valence-electron chi connectivity index (χ3n) is 9.10. The van der Waals surface area contributed by atoms with Gasteiger partial charge in [-0.3, -0.25) is 33.6 Å². The van der Waals surface area contributed by atoms with Crippen molar-refractivity contribution in [1.29, 1.82) is 0 Å². The second-order valence-electron chi connectivity index (χ2n) is 15.3. The predicted molar refractivity (Wildman–Crippen MR) is 203 cm³/mol. The highest BCUT2D eigenvalue weighted by Crippen LogP contribution is 2.21. The van der Waals surface area contributed by atoms with Crippen LogP contribution in [0.15, 0.2) is 0 Å². The smallest absolute Gasteiger partial charge is 0.245 e. The Bertz CT molecular complexity index is 1220. The highest BCUT2D eigenvalue weighted by atomic mass is 16.3. The molecule has 11 N–H and O–H groups in total. The molecule has 0 saturated heterocycles. The van der Waals surface area contributed by atoms with E-state index < -0.39 is 96.6 Å². The molecular formula is C37H69N7O10. The van der Waals surface area contributed by atoms with Crippen LogP contribution in [0, 0.1) is 29.6 Å². The minimum atomic E-state index is -1.51. The predicted octanol–water partition coefficient (Wildman–Crippen LogP) is -0.999. The van der Waals surface area contributed by atoms with Crippen LogP contribution in [0.25, 0.3) is 0 Å². The van der Waals surface area contributed by atoms with E-state index in [1.54, 1.807) is 20.8 Å². The maximum absolute atomic E-state index is 13.4. The van der Waals surface area contributed by atoms with E-state index in [2.05, 4.69) is 31.9 Å². The van der Waals surface area contributed by atoms with E-state index in [0.29, 0.717) is 25.8 Å². The summed E-state index contributed by atoms with van der Waals surface area (Å²) < 4.78 is 0. The summed E-state index contributed by atoms with van der Waals surface area (Å²) in [6.07, 6.45) is 1.63. The van der Waals surface area contributed by atoms with Crippen molar-refractivity contribution in [2.45, 2.75) is 137 Å². The summed E-state index contributed by atoms with van der Waals surface area (Å²) in [4.78, 5) is 91.6. The quantitative estimate of drug-likeness (QED) is 0.0484. The fraction of sp³-hybridized carbons (Fsp3) is 0.811. The van der Waals surface area contributed by atoms with Crippen LogP contribution in [0.5, 0.6) is 0 Å². The van der Waals surface area contributed by atoms with Gasteiger partial charge in [0.1, 0.15) is 24.2 Å². The number of carbonyl (C=O) groups is 7. The standard InChI is InChI=1S/C37H69N7O10/c1-10-23(8)26(16-30(48)24(9)39-31(49)12-11-13-38)33(50)42-29(19-47)36(53)44-32(22(6)7)37(54)43-28(18-46)35(52)41-27(15-21(4)5)34(51)40-25(17-45)14-20(2)3/h20-29,32,45-47H,10-19,38H2,1-9H3,(H,39,49)(H,40,51)(H,41,52)(H,42,50)(H,43,54)(H,44,53)/t23-,24-,25-,26+,27+,28+,29+,32+/m0/s1. The van der Waals surface area contributed by atoms with Crippen molar-refractivity contribution < 1.29 is 48.9 Å². The number of amides is 6. The first-order valence-electron chi connectivity index (χ1n) is 19.1. The summed E-state index contributed by atoms with van der Waals surface area (Å²) in [5, 5.41) is 45.2. The molecule has 0 bridgehead atoms. The Morgan fingerprint density at radius 1 is 0.593 bits per heavy atom. The molecule has 0 rings (SSSR count). The molecule has 17 nitrogen and oxygen atoms in total. The van der Waals surface area contributed by atoms with Crippen LogP contribution in [-0.4, -0.2) is 119 Å². The molecule has 54 heavy (non-hydrogen) atoms. The van der Waals surface area contributed by atoms with E-state index >= 15 is 0 Å². The Hall–Kier alpha value is -3.67. The summed E-state index contributed by atoms with van der Waals surface area (Å²) in [7, 11) is 0. The summed E-state index contributed by atoms with van der Waals surface area (Å²) in [5.74, 6) is -6.14. The van der Waals surface area contributed by atoms with Crippen LogP contribution < -0.4 is 37.6 Å². The van der Waals surface area contributed by atoms with Crippen molar-refractivity contribution in [3.8, 4) is 0 Å². The largest absolute Gasteiger partial charge is 0.394 e. The number of hydrogen-bond donors (Lipinski definition) is 10. The molecule has 17 heteroatoms. The second kappa shape index (κ2) is 26.2. The van der Waals surface area contributed by atoms with Crippen LogP contribution >= 0.6 is 0 Å². The van der Waals surface area contributed by atoms with Gasteiger partial charge in [0.05, 0.1) is 31.9 Å². The Morgan fingerprint density at radius 2 is 1.09 bits per heavy atom. The first-order chi connectivity index (χ1) is 25.3. The Labute approximate surface area is 320 Å². The lowest BCUT2D eigenvalue weighted by molar-refractivity contribution is -0.137. The van der Waals surface area contributed by atoms with Gasteiger partial charge in [-0.15, -0.1) is 0 Å². The average molecular weight is 772 g/mol. The molecule has 0 aromatic carbocycles. The van der Waals surface area contributed by atoms with Gasteiger partial charge in [0.2, 0.25) is 35.4 Å². The molecule has 0 aliphatic carbocycles. The molecule has 0 aromatic rings. The molecule has 0 radical (unpaired) electrons. The number of aliphatic hydroxyl groups excluding tert-OH is 3. The third-order valence-corrected chi connectivity index (χ3v) is 9.10. The highest BCUT2D eigenvalue weighted by Gasteiger charge is 2.35.